The fraction of sp³-hybridized carbons (Fsp3) is 0. The molecule has 0 spiro atoms. The number of hydrogen-bond acceptors (Lipinski definition) is 12. The molecule has 0 bridgehead atoms. The molecular weight excluding hydrogens is 816 g/mol. The van der Waals surface area contributed by atoms with E-state index in [1.165, 1.54) is 24.3 Å². The Hall–Kier alpha value is -5.10. The average Bonchev–Trinajstić information content (AvgIpc) is 3.16. The van der Waals surface area contributed by atoms with E-state index in [-0.39, 0.29) is 93.4 Å². The van der Waals surface area contributed by atoms with E-state index in [0.717, 1.165) is 10.8 Å². The molecule has 55 heavy (non-hydrogen) atoms. The molecule has 0 atom stereocenters. The molecule has 0 unspecified atom stereocenters. The molecular formula is C40H28N4O8S2Sr-2. The van der Waals surface area contributed by atoms with Crippen LogP contribution in [0.15, 0.2) is 176 Å². The van der Waals surface area contributed by atoms with Gasteiger partial charge in [-0.05, 0) is 45.8 Å². The molecule has 0 fully saturated rings. The van der Waals surface area contributed by atoms with Gasteiger partial charge in [0.25, 0.3) is 0 Å². The Kier molecular flexibility index (Phi) is 11.8. The number of fused-ring (bicyclic) bond motifs is 4. The van der Waals surface area contributed by atoms with Gasteiger partial charge in [0.2, 0.25) is 0 Å². The minimum Gasteiger partial charge on any atom is -1.00 e. The molecule has 0 aliphatic heterocycles. The molecule has 2 N–H and O–H groups in total. The van der Waals surface area contributed by atoms with Crippen molar-refractivity contribution < 1.29 is 39.0 Å². The third-order valence-electron chi connectivity index (χ3n) is 8.49. The molecule has 8 aromatic carbocycles. The Labute approximate surface area is 354 Å². The number of aromatic hydroxyl groups is 2. The molecule has 0 aliphatic carbocycles. The minimum absolute atomic E-state index is 0. The fourth-order valence-electron chi connectivity index (χ4n) is 6.05. The molecule has 0 amide bonds. The zero-order valence-electron chi connectivity index (χ0n) is 30.5. The second-order valence-corrected chi connectivity index (χ2v) is 14.5. The van der Waals surface area contributed by atoms with Crippen molar-refractivity contribution in [2.24, 2.45) is 20.5 Å². The summed E-state index contributed by atoms with van der Waals surface area (Å²) in [5.74, 6) is -0.186. The van der Waals surface area contributed by atoms with Gasteiger partial charge in [0.1, 0.15) is 54.5 Å². The first kappa shape index (κ1) is 39.6. The van der Waals surface area contributed by atoms with Crippen LogP contribution in [0, 0.1) is 0 Å². The summed E-state index contributed by atoms with van der Waals surface area (Å²) in [6, 6.07) is 40.5. The molecule has 272 valence electrons. The third kappa shape index (κ3) is 8.44. The molecule has 15 heteroatoms. The number of nitrogens with zero attached hydrogens (tertiary/aromatic N) is 4. The first-order valence-electron chi connectivity index (χ1n) is 16.1. The maximum absolute atomic E-state index is 11.9. The molecule has 12 nitrogen and oxygen atoms in total. The minimum atomic E-state index is -4.78. The van der Waals surface area contributed by atoms with Crippen molar-refractivity contribution in [1.82, 2.24) is 0 Å². The van der Waals surface area contributed by atoms with Crippen molar-refractivity contribution in [1.29, 1.82) is 0 Å². The molecule has 0 saturated heterocycles. The fourth-order valence-corrected chi connectivity index (χ4v) is 7.69. The van der Waals surface area contributed by atoms with Crippen LogP contribution in [-0.2, 0) is 20.2 Å². The second kappa shape index (κ2) is 16.3. The topological polar surface area (TPSA) is 204 Å². The summed E-state index contributed by atoms with van der Waals surface area (Å²) in [7, 11) is -9.57. The van der Waals surface area contributed by atoms with E-state index in [1.807, 2.05) is 24.3 Å². The molecule has 8 aromatic rings. The summed E-state index contributed by atoms with van der Waals surface area (Å²) in [5, 5.41) is 41.2. The van der Waals surface area contributed by atoms with Crippen LogP contribution in [0.4, 0.5) is 22.7 Å². The van der Waals surface area contributed by atoms with E-state index in [9.17, 15) is 36.2 Å². The van der Waals surface area contributed by atoms with Gasteiger partial charge in [-0.1, -0.05) is 121 Å². The predicted molar refractivity (Wildman–Crippen MR) is 211 cm³/mol. The van der Waals surface area contributed by atoms with Crippen LogP contribution in [0.1, 0.15) is 2.85 Å². The molecule has 0 radical (unpaired) electrons. The number of phenolic OH excluding ortho intramolecular Hbond substituents is 2. The number of phenols is 2. The SMILES string of the molecule is O=S(=O)([O-])c1c(N=Nc2c(O)ccc3ccccc23)ccc2ccccc12.O=S(=O)([O-])c1c(N=Nc2c(O)ccc3ccccc23)ccc2ccccc12.[H-].[H-].[Sr+2]. The van der Waals surface area contributed by atoms with Crippen LogP contribution in [0.25, 0.3) is 43.1 Å². The normalized spacial score (nSPS) is 12.0. The van der Waals surface area contributed by atoms with Crippen LogP contribution in [0.2, 0.25) is 0 Å². The van der Waals surface area contributed by atoms with Gasteiger partial charge in [-0.15, -0.1) is 20.5 Å². The summed E-state index contributed by atoms with van der Waals surface area (Å²) in [6.07, 6.45) is 0. The van der Waals surface area contributed by atoms with Gasteiger partial charge >= 0.3 is 45.5 Å². The van der Waals surface area contributed by atoms with Gasteiger partial charge in [0, 0.05) is 21.5 Å². The van der Waals surface area contributed by atoms with Crippen molar-refractivity contribution in [3.8, 4) is 11.5 Å². The zero-order valence-corrected chi connectivity index (χ0v) is 33.6. The average molecular weight is 844 g/mol. The Balaban J connectivity index is 0.000000240. The maximum Gasteiger partial charge on any atom is 2.00 e. The molecule has 0 aliphatic rings. The second-order valence-electron chi connectivity index (χ2n) is 11.9. The maximum atomic E-state index is 11.9. The Morgan fingerprint density at radius 2 is 0.691 bits per heavy atom. The monoisotopic (exact) mass is 844 g/mol. The zero-order chi connectivity index (χ0) is 38.0. The number of azo groups is 2. The van der Waals surface area contributed by atoms with Gasteiger partial charge in [0.15, 0.2) is 0 Å². The summed E-state index contributed by atoms with van der Waals surface area (Å²) < 4.78 is 71.1. The van der Waals surface area contributed by atoms with Crippen LogP contribution in [-0.4, -0.2) is 81.6 Å². The van der Waals surface area contributed by atoms with Crippen molar-refractivity contribution in [2.45, 2.75) is 9.79 Å². The van der Waals surface area contributed by atoms with Crippen LogP contribution in [0.5, 0.6) is 11.5 Å². The van der Waals surface area contributed by atoms with Crippen LogP contribution < -0.4 is 0 Å². The summed E-state index contributed by atoms with van der Waals surface area (Å²) in [6.45, 7) is 0. The van der Waals surface area contributed by atoms with E-state index in [1.54, 1.807) is 97.1 Å². The van der Waals surface area contributed by atoms with E-state index < -0.39 is 30.0 Å². The van der Waals surface area contributed by atoms with E-state index >= 15 is 0 Å². The summed E-state index contributed by atoms with van der Waals surface area (Å²) in [4.78, 5) is -0.854. The first-order valence-corrected chi connectivity index (χ1v) is 18.9. The standard InChI is InChI=1S/2C20H14N2O4S.Sr.2H/c2*23-18-12-10-13-5-1-3-7-15(13)19(18)22-21-17-11-9-14-6-2-4-8-16(14)20(17)27(24,25)26;;;/h2*1-12,23H,(H,24,25,26);;;/q;;+2;2*-1/p-2. The van der Waals surface area contributed by atoms with Crippen molar-refractivity contribution in [3.05, 3.63) is 146 Å². The molecule has 8 rings (SSSR count). The van der Waals surface area contributed by atoms with Crippen molar-refractivity contribution in [3.63, 3.8) is 0 Å². The molecule has 0 heterocycles. The van der Waals surface area contributed by atoms with E-state index in [2.05, 4.69) is 20.5 Å². The molecule has 0 saturated carbocycles. The van der Waals surface area contributed by atoms with Gasteiger partial charge in [-0.3, -0.25) is 0 Å². The first-order chi connectivity index (χ1) is 25.9. The van der Waals surface area contributed by atoms with Crippen LogP contribution >= 0.6 is 0 Å². The third-order valence-corrected chi connectivity index (χ3v) is 10.3. The van der Waals surface area contributed by atoms with Gasteiger partial charge in [-0.2, -0.15) is 0 Å². The number of rotatable bonds is 6. The van der Waals surface area contributed by atoms with E-state index in [4.69, 9.17) is 0 Å². The summed E-state index contributed by atoms with van der Waals surface area (Å²) >= 11 is 0. The molecule has 0 aromatic heterocycles. The quantitative estimate of drug-likeness (QED) is 0.0934. The van der Waals surface area contributed by atoms with Gasteiger partial charge < -0.3 is 22.2 Å². The van der Waals surface area contributed by atoms with Crippen LogP contribution in [0.3, 0.4) is 0 Å². The number of hydrogen-bond donors (Lipinski definition) is 2. The predicted octanol–water partition coefficient (Wildman–Crippen LogP) is 9.88. The Bertz CT molecular complexity index is 2850. The summed E-state index contributed by atoms with van der Waals surface area (Å²) in [5.41, 5.74) is 0.262. The largest absolute Gasteiger partial charge is 2.00 e. The van der Waals surface area contributed by atoms with Gasteiger partial charge in [0.05, 0.1) is 9.79 Å². The van der Waals surface area contributed by atoms with Crippen molar-refractivity contribution in [2.75, 3.05) is 0 Å². The number of benzene rings is 8. The van der Waals surface area contributed by atoms with E-state index in [0.29, 0.717) is 21.5 Å². The Morgan fingerprint density at radius 3 is 1.04 bits per heavy atom. The smallest absolute Gasteiger partial charge is 1.00 e. The van der Waals surface area contributed by atoms with Gasteiger partial charge in [-0.25, -0.2) is 16.8 Å². The Morgan fingerprint density at radius 1 is 0.400 bits per heavy atom. The van der Waals surface area contributed by atoms with Crippen molar-refractivity contribution >= 4 is 132 Å².